The maximum absolute atomic E-state index is 11.6. The summed E-state index contributed by atoms with van der Waals surface area (Å²) in [6, 6.07) is -0.204. The minimum absolute atomic E-state index is 0.160. The van der Waals surface area contributed by atoms with E-state index < -0.39 is 0 Å². The number of nitrogens with one attached hydrogen (secondary N) is 1. The molecule has 0 unspecified atom stereocenters. The SMILES string of the molecule is CC(C)CC1(CN2CC(=O)NC2=O)CCCC1. The number of carbonyl (C=O) groups is 2. The molecule has 0 aromatic rings. The lowest BCUT2D eigenvalue weighted by molar-refractivity contribution is -0.118. The first kappa shape index (κ1) is 12.4. The highest BCUT2D eigenvalue weighted by atomic mass is 16.2. The van der Waals surface area contributed by atoms with E-state index in [4.69, 9.17) is 0 Å². The Morgan fingerprint density at radius 1 is 1.29 bits per heavy atom. The van der Waals surface area contributed by atoms with Crippen LogP contribution in [0.25, 0.3) is 0 Å². The third-order valence-corrected chi connectivity index (χ3v) is 3.90. The zero-order chi connectivity index (χ0) is 12.5. The first-order valence-electron chi connectivity index (χ1n) is 6.60. The number of urea groups is 1. The van der Waals surface area contributed by atoms with Gasteiger partial charge in [-0.3, -0.25) is 10.1 Å². The van der Waals surface area contributed by atoms with Crippen molar-refractivity contribution in [1.29, 1.82) is 0 Å². The van der Waals surface area contributed by atoms with Gasteiger partial charge in [-0.15, -0.1) is 0 Å². The van der Waals surface area contributed by atoms with Crippen LogP contribution in [0.15, 0.2) is 0 Å². The largest absolute Gasteiger partial charge is 0.324 e. The van der Waals surface area contributed by atoms with Crippen molar-refractivity contribution < 1.29 is 9.59 Å². The van der Waals surface area contributed by atoms with E-state index in [1.54, 1.807) is 4.90 Å². The second-order valence-corrected chi connectivity index (χ2v) is 6.01. The van der Waals surface area contributed by atoms with Crippen LogP contribution in [0.3, 0.4) is 0 Å². The fourth-order valence-electron chi connectivity index (χ4n) is 3.43. The van der Waals surface area contributed by atoms with Crippen molar-refractivity contribution in [3.8, 4) is 0 Å². The van der Waals surface area contributed by atoms with Crippen LogP contribution in [0.1, 0.15) is 46.0 Å². The summed E-state index contributed by atoms with van der Waals surface area (Å²) in [7, 11) is 0. The number of hydrogen-bond acceptors (Lipinski definition) is 2. The average Bonchev–Trinajstić information content (AvgIpc) is 2.75. The van der Waals surface area contributed by atoms with Gasteiger partial charge < -0.3 is 4.90 Å². The molecular formula is C13H22N2O2. The monoisotopic (exact) mass is 238 g/mol. The van der Waals surface area contributed by atoms with E-state index in [0.29, 0.717) is 5.92 Å². The minimum Gasteiger partial charge on any atom is -0.315 e. The molecule has 17 heavy (non-hydrogen) atoms. The zero-order valence-electron chi connectivity index (χ0n) is 10.8. The van der Waals surface area contributed by atoms with E-state index in [1.807, 2.05) is 0 Å². The molecule has 2 rings (SSSR count). The number of rotatable bonds is 4. The molecule has 1 aliphatic heterocycles. The van der Waals surface area contributed by atoms with Gasteiger partial charge in [-0.2, -0.15) is 0 Å². The third-order valence-electron chi connectivity index (χ3n) is 3.90. The van der Waals surface area contributed by atoms with Gasteiger partial charge in [0.1, 0.15) is 6.54 Å². The highest BCUT2D eigenvalue weighted by Crippen LogP contribution is 2.43. The molecule has 2 fully saturated rings. The smallest absolute Gasteiger partial charge is 0.315 e. The van der Waals surface area contributed by atoms with Crippen LogP contribution in [0.2, 0.25) is 0 Å². The second kappa shape index (κ2) is 4.67. The van der Waals surface area contributed by atoms with Crippen LogP contribution in [-0.4, -0.2) is 29.9 Å². The van der Waals surface area contributed by atoms with E-state index in [0.717, 1.165) is 13.0 Å². The quantitative estimate of drug-likeness (QED) is 0.763. The molecule has 0 aromatic heterocycles. The summed E-state index contributed by atoms with van der Waals surface area (Å²) in [5.74, 6) is 0.488. The Balaban J connectivity index is 2.02. The molecule has 2 aliphatic rings. The highest BCUT2D eigenvalue weighted by molar-refractivity contribution is 6.01. The molecule has 4 nitrogen and oxygen atoms in total. The first-order chi connectivity index (χ1) is 8.01. The molecule has 0 radical (unpaired) electrons. The van der Waals surface area contributed by atoms with Gasteiger partial charge in [0, 0.05) is 6.54 Å². The number of nitrogens with zero attached hydrogens (tertiary/aromatic N) is 1. The van der Waals surface area contributed by atoms with Gasteiger partial charge in [0.15, 0.2) is 0 Å². The van der Waals surface area contributed by atoms with Gasteiger partial charge in [0.2, 0.25) is 5.91 Å². The fraction of sp³-hybridized carbons (Fsp3) is 0.846. The summed E-state index contributed by atoms with van der Waals surface area (Å²) in [4.78, 5) is 24.5. The Labute approximate surface area is 103 Å². The third kappa shape index (κ3) is 2.79. The lowest BCUT2D eigenvalue weighted by atomic mass is 9.78. The first-order valence-corrected chi connectivity index (χ1v) is 6.60. The standard InChI is InChI=1S/C13H22N2O2/c1-10(2)7-13(5-3-4-6-13)9-15-8-11(16)14-12(15)17/h10H,3-9H2,1-2H3,(H,14,16,17). The van der Waals surface area contributed by atoms with Crippen LogP contribution in [0.5, 0.6) is 0 Å². The molecule has 96 valence electrons. The van der Waals surface area contributed by atoms with Crippen LogP contribution < -0.4 is 5.32 Å². The number of amides is 3. The maximum atomic E-state index is 11.6. The normalized spacial score (nSPS) is 23.6. The fourth-order valence-corrected chi connectivity index (χ4v) is 3.43. The molecule has 0 atom stereocenters. The van der Waals surface area contributed by atoms with Crippen molar-refractivity contribution in [2.45, 2.75) is 46.0 Å². The number of hydrogen-bond donors (Lipinski definition) is 1. The summed E-state index contributed by atoms with van der Waals surface area (Å²) in [5.41, 5.74) is 0.260. The molecule has 1 N–H and O–H groups in total. The molecule has 0 bridgehead atoms. The Morgan fingerprint density at radius 2 is 1.94 bits per heavy atom. The van der Waals surface area contributed by atoms with Gasteiger partial charge in [-0.05, 0) is 30.6 Å². The topological polar surface area (TPSA) is 49.4 Å². The Bertz CT molecular complexity index is 319. The van der Waals surface area contributed by atoms with Crippen LogP contribution in [0.4, 0.5) is 4.79 Å². The average molecular weight is 238 g/mol. The van der Waals surface area contributed by atoms with E-state index in [1.165, 1.54) is 25.7 Å². The van der Waals surface area contributed by atoms with Crippen molar-refractivity contribution in [1.82, 2.24) is 10.2 Å². The summed E-state index contributed by atoms with van der Waals surface area (Å²) < 4.78 is 0. The van der Waals surface area contributed by atoms with Crippen molar-refractivity contribution >= 4 is 11.9 Å². The van der Waals surface area contributed by atoms with Crippen molar-refractivity contribution in [2.24, 2.45) is 11.3 Å². The lowest BCUT2D eigenvalue weighted by Gasteiger charge is -2.34. The Hall–Kier alpha value is -1.06. The van der Waals surface area contributed by atoms with E-state index >= 15 is 0 Å². The predicted octanol–water partition coefficient (Wildman–Crippen LogP) is 2.14. The summed E-state index contributed by atoms with van der Waals surface area (Å²) >= 11 is 0. The summed E-state index contributed by atoms with van der Waals surface area (Å²) in [6.07, 6.45) is 6.07. The van der Waals surface area contributed by atoms with E-state index in [2.05, 4.69) is 19.2 Å². The van der Waals surface area contributed by atoms with Gasteiger partial charge in [0.25, 0.3) is 0 Å². The second-order valence-electron chi connectivity index (χ2n) is 6.01. The molecule has 1 saturated heterocycles. The number of carbonyl (C=O) groups excluding carboxylic acids is 2. The van der Waals surface area contributed by atoms with Gasteiger partial charge in [-0.1, -0.05) is 26.7 Å². The molecule has 3 amide bonds. The maximum Gasteiger partial charge on any atom is 0.324 e. The van der Waals surface area contributed by atoms with Crippen molar-refractivity contribution in [2.75, 3.05) is 13.1 Å². The van der Waals surface area contributed by atoms with Crippen molar-refractivity contribution in [3.05, 3.63) is 0 Å². The van der Waals surface area contributed by atoms with Crippen molar-refractivity contribution in [3.63, 3.8) is 0 Å². The Morgan fingerprint density at radius 3 is 2.41 bits per heavy atom. The van der Waals surface area contributed by atoms with Crippen LogP contribution >= 0.6 is 0 Å². The lowest BCUT2D eigenvalue weighted by Crippen LogP contribution is -2.39. The van der Waals surface area contributed by atoms with Gasteiger partial charge in [0.05, 0.1) is 0 Å². The summed E-state index contributed by atoms with van der Waals surface area (Å²) in [5, 5.41) is 2.36. The molecule has 0 spiro atoms. The highest BCUT2D eigenvalue weighted by Gasteiger charge is 2.39. The number of imide groups is 1. The minimum atomic E-state index is -0.204. The molecule has 1 saturated carbocycles. The van der Waals surface area contributed by atoms with Gasteiger partial charge >= 0.3 is 6.03 Å². The molecule has 1 aliphatic carbocycles. The summed E-state index contributed by atoms with van der Waals surface area (Å²) in [6.45, 7) is 5.46. The van der Waals surface area contributed by atoms with E-state index in [-0.39, 0.29) is 23.9 Å². The van der Waals surface area contributed by atoms with Crippen LogP contribution in [0, 0.1) is 11.3 Å². The molecule has 0 aromatic carbocycles. The van der Waals surface area contributed by atoms with E-state index in [9.17, 15) is 9.59 Å². The van der Waals surface area contributed by atoms with Gasteiger partial charge in [-0.25, -0.2) is 4.79 Å². The van der Waals surface area contributed by atoms with Crippen LogP contribution in [-0.2, 0) is 4.79 Å². The predicted molar refractivity (Wildman–Crippen MR) is 65.5 cm³/mol. The molecule has 1 heterocycles. The molecular weight excluding hydrogens is 216 g/mol. The Kier molecular flexibility index (Phi) is 3.40. The molecule has 4 heteroatoms. The zero-order valence-corrected chi connectivity index (χ0v) is 10.8.